The lowest BCUT2D eigenvalue weighted by molar-refractivity contribution is 0.179. The second kappa shape index (κ2) is 8.90. The molecule has 1 aliphatic heterocycles. The van der Waals surface area contributed by atoms with E-state index < -0.39 is 0 Å². The minimum absolute atomic E-state index is 0.658. The predicted molar refractivity (Wildman–Crippen MR) is 86.2 cm³/mol. The van der Waals surface area contributed by atoms with Gasteiger partial charge in [-0.15, -0.1) is 0 Å². The first-order chi connectivity index (χ1) is 10.3. The zero-order chi connectivity index (χ0) is 14.9. The van der Waals surface area contributed by atoms with Gasteiger partial charge >= 0.3 is 0 Å². The Morgan fingerprint density at radius 1 is 1.10 bits per heavy atom. The zero-order valence-corrected chi connectivity index (χ0v) is 13.4. The van der Waals surface area contributed by atoms with E-state index in [-0.39, 0.29) is 0 Å². The molecule has 1 heterocycles. The van der Waals surface area contributed by atoms with Crippen LogP contribution >= 0.6 is 0 Å². The van der Waals surface area contributed by atoms with Gasteiger partial charge in [0, 0.05) is 13.1 Å². The van der Waals surface area contributed by atoms with Crippen LogP contribution in [0, 0.1) is 0 Å². The van der Waals surface area contributed by atoms with Gasteiger partial charge in [0.25, 0.3) is 0 Å². The number of hydrogen-bond acceptors (Lipinski definition) is 4. The summed E-state index contributed by atoms with van der Waals surface area (Å²) >= 11 is 0. The first-order valence-electron chi connectivity index (χ1n) is 8.09. The van der Waals surface area contributed by atoms with E-state index in [4.69, 9.17) is 9.47 Å². The van der Waals surface area contributed by atoms with Crippen LogP contribution < -0.4 is 14.8 Å². The quantitative estimate of drug-likeness (QED) is 0.799. The highest BCUT2D eigenvalue weighted by Crippen LogP contribution is 2.28. The SMILES string of the molecule is CCOc1cc(CNC)ccc1OCCN1CCCCC1. The lowest BCUT2D eigenvalue weighted by Crippen LogP contribution is -2.33. The molecule has 0 saturated carbocycles. The number of nitrogens with zero attached hydrogens (tertiary/aromatic N) is 1. The molecule has 4 heteroatoms. The summed E-state index contributed by atoms with van der Waals surface area (Å²) in [6.45, 7) is 7.66. The van der Waals surface area contributed by atoms with Crippen LogP contribution in [0.15, 0.2) is 18.2 Å². The maximum Gasteiger partial charge on any atom is 0.161 e. The van der Waals surface area contributed by atoms with Crippen molar-refractivity contribution >= 4 is 0 Å². The Morgan fingerprint density at radius 2 is 1.90 bits per heavy atom. The molecule has 0 radical (unpaired) electrons. The van der Waals surface area contributed by atoms with Crippen molar-refractivity contribution in [3.8, 4) is 11.5 Å². The highest BCUT2D eigenvalue weighted by Gasteiger charge is 2.11. The molecule has 0 amide bonds. The summed E-state index contributed by atoms with van der Waals surface area (Å²) in [5.74, 6) is 1.71. The van der Waals surface area contributed by atoms with Gasteiger partial charge in [0.1, 0.15) is 6.61 Å². The molecular formula is C17H28N2O2. The highest BCUT2D eigenvalue weighted by molar-refractivity contribution is 5.43. The lowest BCUT2D eigenvalue weighted by atomic mass is 10.1. The van der Waals surface area contributed by atoms with Crippen LogP contribution in [0.4, 0.5) is 0 Å². The van der Waals surface area contributed by atoms with Crippen molar-refractivity contribution < 1.29 is 9.47 Å². The summed E-state index contributed by atoms with van der Waals surface area (Å²) < 4.78 is 11.6. The third-order valence-electron chi connectivity index (χ3n) is 3.80. The summed E-state index contributed by atoms with van der Waals surface area (Å²) in [6.07, 6.45) is 4.02. The number of rotatable bonds is 8. The minimum Gasteiger partial charge on any atom is -0.490 e. The van der Waals surface area contributed by atoms with E-state index in [1.807, 2.05) is 20.0 Å². The number of benzene rings is 1. The molecule has 1 saturated heterocycles. The standard InChI is InChI=1S/C17H28N2O2/c1-3-20-17-13-15(14-18-2)7-8-16(17)21-12-11-19-9-5-4-6-10-19/h7-8,13,18H,3-6,9-12,14H2,1-2H3. The van der Waals surface area contributed by atoms with Gasteiger partial charge in [-0.3, -0.25) is 4.90 Å². The Bertz CT molecular complexity index is 417. The molecule has 0 aliphatic carbocycles. The predicted octanol–water partition coefficient (Wildman–Crippen LogP) is 2.67. The van der Waals surface area contributed by atoms with E-state index in [0.29, 0.717) is 6.61 Å². The fourth-order valence-electron chi connectivity index (χ4n) is 2.72. The molecule has 1 aromatic carbocycles. The molecule has 1 fully saturated rings. The number of ether oxygens (including phenoxy) is 2. The highest BCUT2D eigenvalue weighted by atomic mass is 16.5. The first-order valence-corrected chi connectivity index (χ1v) is 8.09. The van der Waals surface area contributed by atoms with Crippen LogP contribution in [0.25, 0.3) is 0 Å². The lowest BCUT2D eigenvalue weighted by Gasteiger charge is -2.26. The van der Waals surface area contributed by atoms with Gasteiger partial charge in [-0.05, 0) is 57.6 Å². The van der Waals surface area contributed by atoms with Crippen molar-refractivity contribution in [2.24, 2.45) is 0 Å². The van der Waals surface area contributed by atoms with E-state index in [1.54, 1.807) is 0 Å². The van der Waals surface area contributed by atoms with Crippen molar-refractivity contribution in [3.63, 3.8) is 0 Å². The molecule has 0 bridgehead atoms. The van der Waals surface area contributed by atoms with E-state index in [1.165, 1.54) is 37.9 Å². The van der Waals surface area contributed by atoms with E-state index in [9.17, 15) is 0 Å². The third kappa shape index (κ3) is 5.21. The van der Waals surface area contributed by atoms with Gasteiger partial charge in [0.05, 0.1) is 6.61 Å². The molecule has 118 valence electrons. The minimum atomic E-state index is 0.658. The zero-order valence-electron chi connectivity index (χ0n) is 13.4. The summed E-state index contributed by atoms with van der Waals surface area (Å²) in [5.41, 5.74) is 1.21. The van der Waals surface area contributed by atoms with Crippen molar-refractivity contribution in [1.29, 1.82) is 0 Å². The number of hydrogen-bond donors (Lipinski definition) is 1. The van der Waals surface area contributed by atoms with E-state index >= 15 is 0 Å². The Labute approximate surface area is 128 Å². The van der Waals surface area contributed by atoms with Crippen LogP contribution in [-0.2, 0) is 6.54 Å². The second-order valence-electron chi connectivity index (χ2n) is 5.50. The van der Waals surface area contributed by atoms with E-state index in [2.05, 4.69) is 22.3 Å². The smallest absolute Gasteiger partial charge is 0.161 e. The van der Waals surface area contributed by atoms with E-state index in [0.717, 1.165) is 31.2 Å². The van der Waals surface area contributed by atoms with Gasteiger partial charge in [-0.2, -0.15) is 0 Å². The summed E-state index contributed by atoms with van der Waals surface area (Å²) in [7, 11) is 1.95. The average Bonchev–Trinajstić information content (AvgIpc) is 2.51. The number of nitrogens with one attached hydrogen (secondary N) is 1. The topological polar surface area (TPSA) is 33.7 Å². The van der Waals surface area contributed by atoms with Crippen LogP contribution in [0.2, 0.25) is 0 Å². The van der Waals surface area contributed by atoms with Gasteiger partial charge in [0.2, 0.25) is 0 Å². The monoisotopic (exact) mass is 292 g/mol. The Balaban J connectivity index is 1.88. The van der Waals surface area contributed by atoms with Crippen molar-refractivity contribution in [3.05, 3.63) is 23.8 Å². The Kier molecular flexibility index (Phi) is 6.83. The summed E-state index contributed by atoms with van der Waals surface area (Å²) in [5, 5.41) is 3.16. The molecule has 4 nitrogen and oxygen atoms in total. The normalized spacial score (nSPS) is 15.9. The van der Waals surface area contributed by atoms with Crippen LogP contribution in [0.3, 0.4) is 0 Å². The number of piperidine rings is 1. The fourth-order valence-corrected chi connectivity index (χ4v) is 2.72. The molecule has 1 aliphatic rings. The first kappa shape index (κ1) is 16.1. The van der Waals surface area contributed by atoms with Gasteiger partial charge in [-0.25, -0.2) is 0 Å². The Morgan fingerprint density at radius 3 is 2.62 bits per heavy atom. The van der Waals surface area contributed by atoms with Crippen LogP contribution in [0.1, 0.15) is 31.7 Å². The molecule has 21 heavy (non-hydrogen) atoms. The molecule has 0 aromatic heterocycles. The van der Waals surface area contributed by atoms with Crippen molar-refractivity contribution in [1.82, 2.24) is 10.2 Å². The molecule has 0 atom stereocenters. The maximum absolute atomic E-state index is 5.94. The average molecular weight is 292 g/mol. The van der Waals surface area contributed by atoms with Gasteiger partial charge in [0.15, 0.2) is 11.5 Å². The summed E-state index contributed by atoms with van der Waals surface area (Å²) in [4.78, 5) is 2.49. The van der Waals surface area contributed by atoms with Crippen LogP contribution in [0.5, 0.6) is 11.5 Å². The van der Waals surface area contributed by atoms with Crippen molar-refractivity contribution in [2.75, 3.05) is 39.9 Å². The molecular weight excluding hydrogens is 264 g/mol. The van der Waals surface area contributed by atoms with Gasteiger partial charge in [-0.1, -0.05) is 12.5 Å². The maximum atomic E-state index is 5.94. The third-order valence-corrected chi connectivity index (χ3v) is 3.80. The molecule has 2 rings (SSSR count). The molecule has 1 N–H and O–H groups in total. The Hall–Kier alpha value is -1.26. The van der Waals surface area contributed by atoms with Crippen LogP contribution in [-0.4, -0.2) is 44.8 Å². The van der Waals surface area contributed by atoms with Crippen molar-refractivity contribution in [2.45, 2.75) is 32.7 Å². The molecule has 0 spiro atoms. The summed E-state index contributed by atoms with van der Waals surface area (Å²) in [6, 6.07) is 6.18. The largest absolute Gasteiger partial charge is 0.490 e. The second-order valence-corrected chi connectivity index (χ2v) is 5.50. The molecule has 0 unspecified atom stereocenters. The number of likely N-dealkylation sites (tertiary alicyclic amines) is 1. The molecule has 1 aromatic rings. The fraction of sp³-hybridized carbons (Fsp3) is 0.647. The van der Waals surface area contributed by atoms with Gasteiger partial charge < -0.3 is 14.8 Å².